The standard InChI is InChI=1S/C12H17N3O5S/c1-7(2)15(6-11(14)16)21(19,20)10-5-8(13)3-4-9(10)12(17)18/h3-5,7H,6,13H2,1-2H3,(H2,14,16)(H,17,18). The highest BCUT2D eigenvalue weighted by Crippen LogP contribution is 2.24. The number of nitrogens with zero attached hydrogens (tertiary/aromatic N) is 1. The maximum Gasteiger partial charge on any atom is 0.337 e. The van der Waals surface area contributed by atoms with Crippen molar-refractivity contribution in [2.75, 3.05) is 12.3 Å². The first-order valence-corrected chi connectivity index (χ1v) is 7.44. The molecule has 0 aliphatic carbocycles. The predicted molar refractivity (Wildman–Crippen MR) is 76.0 cm³/mol. The summed E-state index contributed by atoms with van der Waals surface area (Å²) >= 11 is 0. The number of carboxylic acid groups (broad SMARTS) is 1. The molecule has 0 saturated heterocycles. The van der Waals surface area contributed by atoms with Crippen LogP contribution in [0, 0.1) is 0 Å². The van der Waals surface area contributed by atoms with Crippen molar-refractivity contribution in [1.29, 1.82) is 0 Å². The SMILES string of the molecule is CC(C)N(CC(N)=O)S(=O)(=O)c1cc(N)ccc1C(=O)O. The van der Waals surface area contributed by atoms with Crippen LogP contribution in [-0.4, -0.2) is 42.3 Å². The number of carbonyl (C=O) groups excluding carboxylic acids is 1. The molecule has 1 aromatic carbocycles. The minimum atomic E-state index is -4.22. The van der Waals surface area contributed by atoms with Crippen LogP contribution in [0.15, 0.2) is 23.1 Å². The smallest absolute Gasteiger partial charge is 0.337 e. The third-order valence-electron chi connectivity index (χ3n) is 2.71. The Morgan fingerprint density at radius 3 is 2.33 bits per heavy atom. The number of rotatable bonds is 6. The van der Waals surface area contributed by atoms with Crippen LogP contribution in [0.3, 0.4) is 0 Å². The number of sulfonamides is 1. The molecule has 0 fully saturated rings. The highest BCUT2D eigenvalue weighted by molar-refractivity contribution is 7.89. The molecule has 116 valence electrons. The van der Waals surface area contributed by atoms with Gasteiger partial charge in [0, 0.05) is 11.7 Å². The van der Waals surface area contributed by atoms with Crippen molar-refractivity contribution in [1.82, 2.24) is 4.31 Å². The molecule has 5 N–H and O–H groups in total. The summed E-state index contributed by atoms with van der Waals surface area (Å²) in [5.74, 6) is -2.25. The number of carboxylic acids is 1. The lowest BCUT2D eigenvalue weighted by Crippen LogP contribution is -2.43. The Hall–Kier alpha value is -2.13. The lowest BCUT2D eigenvalue weighted by atomic mass is 10.2. The van der Waals surface area contributed by atoms with E-state index in [9.17, 15) is 18.0 Å². The number of hydrogen-bond donors (Lipinski definition) is 3. The van der Waals surface area contributed by atoms with Gasteiger partial charge in [-0.1, -0.05) is 0 Å². The Morgan fingerprint density at radius 2 is 1.90 bits per heavy atom. The summed E-state index contributed by atoms with van der Waals surface area (Å²) in [6.07, 6.45) is 0. The first kappa shape index (κ1) is 16.9. The number of carbonyl (C=O) groups is 2. The molecule has 0 saturated carbocycles. The van der Waals surface area contributed by atoms with E-state index < -0.39 is 44.9 Å². The second kappa shape index (κ2) is 6.10. The summed E-state index contributed by atoms with van der Waals surface area (Å²) < 4.78 is 26.0. The summed E-state index contributed by atoms with van der Waals surface area (Å²) in [7, 11) is -4.22. The minimum absolute atomic E-state index is 0.0985. The van der Waals surface area contributed by atoms with Gasteiger partial charge < -0.3 is 16.6 Å². The lowest BCUT2D eigenvalue weighted by Gasteiger charge is -2.25. The van der Waals surface area contributed by atoms with Crippen LogP contribution in [0.2, 0.25) is 0 Å². The average molecular weight is 315 g/mol. The molecule has 0 bridgehead atoms. The minimum Gasteiger partial charge on any atom is -0.478 e. The number of primary amides is 1. The van der Waals surface area contributed by atoms with Crippen molar-refractivity contribution < 1.29 is 23.1 Å². The van der Waals surface area contributed by atoms with Crippen molar-refractivity contribution in [2.24, 2.45) is 5.73 Å². The largest absolute Gasteiger partial charge is 0.478 e. The van der Waals surface area contributed by atoms with Crippen LogP contribution in [0.1, 0.15) is 24.2 Å². The highest BCUT2D eigenvalue weighted by atomic mass is 32.2. The molecule has 1 aromatic rings. The molecule has 0 heterocycles. The van der Waals surface area contributed by atoms with Gasteiger partial charge in [0.2, 0.25) is 15.9 Å². The normalized spacial score (nSPS) is 11.8. The molecular formula is C12H17N3O5S. The number of hydrogen-bond acceptors (Lipinski definition) is 5. The van der Waals surface area contributed by atoms with Crippen LogP contribution < -0.4 is 11.5 Å². The number of nitrogen functional groups attached to an aromatic ring is 1. The van der Waals surface area contributed by atoms with E-state index in [1.165, 1.54) is 6.07 Å². The van der Waals surface area contributed by atoms with E-state index in [0.29, 0.717) is 0 Å². The number of aromatic carboxylic acids is 1. The molecule has 1 rings (SSSR count). The molecule has 9 heteroatoms. The maximum absolute atomic E-state index is 12.6. The fourth-order valence-electron chi connectivity index (χ4n) is 1.75. The van der Waals surface area contributed by atoms with Gasteiger partial charge in [0.1, 0.15) is 0 Å². The quantitative estimate of drug-likeness (QED) is 0.623. The van der Waals surface area contributed by atoms with Crippen molar-refractivity contribution in [3.63, 3.8) is 0 Å². The molecule has 0 aromatic heterocycles. The van der Waals surface area contributed by atoms with Crippen molar-refractivity contribution in [2.45, 2.75) is 24.8 Å². The number of benzene rings is 1. The predicted octanol–water partition coefficient (Wildman–Crippen LogP) is -0.149. The molecular weight excluding hydrogens is 298 g/mol. The van der Waals surface area contributed by atoms with Crippen molar-refractivity contribution in [3.05, 3.63) is 23.8 Å². The lowest BCUT2D eigenvalue weighted by molar-refractivity contribution is -0.118. The number of nitrogens with two attached hydrogens (primary N) is 2. The zero-order valence-corrected chi connectivity index (χ0v) is 12.4. The Kier molecular flexibility index (Phi) is 4.92. The van der Waals surface area contributed by atoms with Crippen LogP contribution in [0.4, 0.5) is 5.69 Å². The number of amides is 1. The van der Waals surface area contributed by atoms with Crippen LogP contribution >= 0.6 is 0 Å². The molecule has 0 spiro atoms. The first-order chi connectivity index (χ1) is 9.57. The monoisotopic (exact) mass is 315 g/mol. The van der Waals surface area contributed by atoms with Crippen molar-refractivity contribution >= 4 is 27.6 Å². The van der Waals surface area contributed by atoms with Gasteiger partial charge in [0.05, 0.1) is 17.0 Å². The zero-order chi connectivity index (χ0) is 16.4. The van der Waals surface area contributed by atoms with Gasteiger partial charge in [0.25, 0.3) is 0 Å². The number of anilines is 1. The summed E-state index contributed by atoms with van der Waals surface area (Å²) in [5, 5.41) is 9.11. The summed E-state index contributed by atoms with van der Waals surface area (Å²) in [6.45, 7) is 2.55. The Morgan fingerprint density at radius 1 is 1.33 bits per heavy atom. The molecule has 0 aliphatic heterocycles. The maximum atomic E-state index is 12.6. The molecule has 0 aliphatic rings. The van der Waals surface area contributed by atoms with E-state index in [1.807, 2.05) is 0 Å². The second-order valence-electron chi connectivity index (χ2n) is 4.67. The average Bonchev–Trinajstić information content (AvgIpc) is 2.34. The first-order valence-electron chi connectivity index (χ1n) is 6.00. The third kappa shape index (κ3) is 3.70. The highest BCUT2D eigenvalue weighted by Gasteiger charge is 2.32. The van der Waals surface area contributed by atoms with E-state index in [2.05, 4.69) is 0 Å². The molecule has 0 radical (unpaired) electrons. The third-order valence-corrected chi connectivity index (χ3v) is 4.77. The zero-order valence-electron chi connectivity index (χ0n) is 11.6. The van der Waals surface area contributed by atoms with Gasteiger partial charge >= 0.3 is 5.97 Å². The Labute approximate surface area is 122 Å². The van der Waals surface area contributed by atoms with Crippen LogP contribution in [0.5, 0.6) is 0 Å². The van der Waals surface area contributed by atoms with Gasteiger partial charge in [-0.2, -0.15) is 4.31 Å². The van der Waals surface area contributed by atoms with Crippen LogP contribution in [-0.2, 0) is 14.8 Å². The molecule has 0 atom stereocenters. The van der Waals surface area contributed by atoms with Crippen molar-refractivity contribution in [3.8, 4) is 0 Å². The molecule has 8 nitrogen and oxygen atoms in total. The fourth-order valence-corrected chi connectivity index (χ4v) is 3.58. The summed E-state index contributed by atoms with van der Waals surface area (Å²) in [4.78, 5) is 21.8. The van der Waals surface area contributed by atoms with E-state index in [0.717, 1.165) is 16.4 Å². The Bertz CT molecular complexity index is 669. The van der Waals surface area contributed by atoms with Gasteiger partial charge in [-0.15, -0.1) is 0 Å². The molecule has 1 amide bonds. The van der Waals surface area contributed by atoms with E-state index >= 15 is 0 Å². The Balaban J connectivity index is 3.51. The summed E-state index contributed by atoms with van der Waals surface area (Å²) in [5.41, 5.74) is 10.3. The van der Waals surface area contributed by atoms with E-state index in [1.54, 1.807) is 13.8 Å². The van der Waals surface area contributed by atoms with Gasteiger partial charge in [-0.3, -0.25) is 4.79 Å². The fraction of sp³-hybridized carbons (Fsp3) is 0.333. The van der Waals surface area contributed by atoms with Gasteiger partial charge in [-0.05, 0) is 32.0 Å². The molecule has 21 heavy (non-hydrogen) atoms. The van der Waals surface area contributed by atoms with Crippen LogP contribution in [0.25, 0.3) is 0 Å². The van der Waals surface area contributed by atoms with E-state index in [-0.39, 0.29) is 5.69 Å². The van der Waals surface area contributed by atoms with Gasteiger partial charge in [0.15, 0.2) is 0 Å². The van der Waals surface area contributed by atoms with E-state index in [4.69, 9.17) is 16.6 Å². The molecule has 0 unspecified atom stereocenters. The topological polar surface area (TPSA) is 144 Å². The van der Waals surface area contributed by atoms with Gasteiger partial charge in [-0.25, -0.2) is 13.2 Å². The summed E-state index contributed by atoms with van der Waals surface area (Å²) in [6, 6.07) is 2.87. The second-order valence-corrected chi connectivity index (χ2v) is 6.53.